The number of nitrogens with zero attached hydrogens (tertiary/aromatic N) is 3. The molecule has 1 aromatic carbocycles. The van der Waals surface area contributed by atoms with E-state index in [0.29, 0.717) is 30.5 Å². The average molecular weight is 479 g/mol. The van der Waals surface area contributed by atoms with Crippen LogP contribution in [0, 0.1) is 11.3 Å². The zero-order chi connectivity index (χ0) is 20.9. The number of carbonyl (C=O) groups excluding carboxylic acids is 1. The van der Waals surface area contributed by atoms with E-state index in [0.717, 1.165) is 35.0 Å². The van der Waals surface area contributed by atoms with Crippen LogP contribution in [0.25, 0.3) is 0 Å². The Morgan fingerprint density at radius 1 is 1.41 bits per heavy atom. The molecule has 0 aliphatic rings. The number of nitrogens with one attached hydrogen (secondary N) is 1. The summed E-state index contributed by atoms with van der Waals surface area (Å²) in [6.07, 6.45) is 5.16. The first-order valence-corrected chi connectivity index (χ1v) is 11.0. The van der Waals surface area contributed by atoms with Gasteiger partial charge in [0.25, 0.3) is 0 Å². The molecular formula is C20H23BrN4O3S. The molecule has 1 N–H and O–H groups in total. The van der Waals surface area contributed by atoms with Gasteiger partial charge in [-0.3, -0.25) is 10.2 Å². The van der Waals surface area contributed by atoms with E-state index in [1.54, 1.807) is 18.5 Å². The van der Waals surface area contributed by atoms with Crippen LogP contribution in [0.4, 0.5) is 5.13 Å². The molecule has 0 aliphatic heterocycles. The molecule has 0 bridgehead atoms. The molecule has 1 aromatic heterocycles. The van der Waals surface area contributed by atoms with E-state index in [-0.39, 0.29) is 12.4 Å². The Morgan fingerprint density at radius 2 is 2.28 bits per heavy atom. The highest BCUT2D eigenvalue weighted by Gasteiger charge is 2.08. The smallest absolute Gasteiger partial charge is 0.311 e. The van der Waals surface area contributed by atoms with Crippen molar-refractivity contribution in [3.05, 3.63) is 39.3 Å². The number of ether oxygens (including phenoxy) is 2. The first-order chi connectivity index (χ1) is 14.1. The van der Waals surface area contributed by atoms with Crippen molar-refractivity contribution in [3.8, 4) is 11.8 Å². The van der Waals surface area contributed by atoms with Crippen LogP contribution < -0.4 is 10.2 Å². The first-order valence-electron chi connectivity index (χ1n) is 9.30. The number of hydrogen-bond donors (Lipinski definition) is 1. The zero-order valence-electron chi connectivity index (χ0n) is 16.2. The third-order valence-electron chi connectivity index (χ3n) is 3.71. The summed E-state index contributed by atoms with van der Waals surface area (Å²) in [5.74, 6) is 0.442. The standard InChI is InChI=1S/C20H23BrN4O3S/c1-2-27-19(26)12-17-14-29-20(24-17)25-23-13-15-11-16(21)7-8-18(15)28-10-6-4-3-5-9-22/h7-8,11,13-14H,2-6,10,12H2,1H3,(H,24,25). The van der Waals surface area contributed by atoms with Crippen molar-refractivity contribution in [2.24, 2.45) is 5.10 Å². The van der Waals surface area contributed by atoms with E-state index in [1.807, 2.05) is 18.2 Å². The number of hydrogen-bond acceptors (Lipinski definition) is 8. The normalized spacial score (nSPS) is 10.7. The minimum Gasteiger partial charge on any atom is -0.493 e. The number of unbranched alkanes of at least 4 members (excludes halogenated alkanes) is 3. The number of esters is 1. The molecule has 0 saturated heterocycles. The maximum absolute atomic E-state index is 11.5. The van der Waals surface area contributed by atoms with E-state index in [1.165, 1.54) is 11.3 Å². The largest absolute Gasteiger partial charge is 0.493 e. The Labute approximate surface area is 182 Å². The van der Waals surface area contributed by atoms with Gasteiger partial charge in [0.15, 0.2) is 0 Å². The summed E-state index contributed by atoms with van der Waals surface area (Å²) in [5.41, 5.74) is 4.35. The van der Waals surface area contributed by atoms with Gasteiger partial charge in [-0.1, -0.05) is 15.9 Å². The van der Waals surface area contributed by atoms with Crippen molar-refractivity contribution in [1.82, 2.24) is 4.98 Å². The monoisotopic (exact) mass is 478 g/mol. The van der Waals surface area contributed by atoms with Crippen LogP contribution in [-0.4, -0.2) is 30.4 Å². The molecule has 0 unspecified atom stereocenters. The number of thiazole rings is 1. The summed E-state index contributed by atoms with van der Waals surface area (Å²) in [6.45, 7) is 2.72. The van der Waals surface area contributed by atoms with Crippen molar-refractivity contribution in [2.75, 3.05) is 18.6 Å². The maximum atomic E-state index is 11.5. The molecule has 9 heteroatoms. The predicted molar refractivity (Wildman–Crippen MR) is 117 cm³/mol. The van der Waals surface area contributed by atoms with Crippen LogP contribution >= 0.6 is 27.3 Å². The molecule has 0 saturated carbocycles. The molecule has 1 heterocycles. The van der Waals surface area contributed by atoms with Crippen molar-refractivity contribution < 1.29 is 14.3 Å². The Balaban J connectivity index is 1.89. The fourth-order valence-electron chi connectivity index (χ4n) is 2.37. The second-order valence-corrected chi connectivity index (χ2v) is 7.77. The number of anilines is 1. The summed E-state index contributed by atoms with van der Waals surface area (Å²) in [5, 5.41) is 15.2. The van der Waals surface area contributed by atoms with Gasteiger partial charge in [-0.15, -0.1) is 11.3 Å². The topological polar surface area (TPSA) is 96.6 Å². The first kappa shape index (κ1) is 22.8. The second-order valence-electron chi connectivity index (χ2n) is 6.00. The second kappa shape index (κ2) is 12.9. The van der Waals surface area contributed by atoms with Gasteiger partial charge in [0.2, 0.25) is 5.13 Å². The van der Waals surface area contributed by atoms with Gasteiger partial charge in [0.05, 0.1) is 37.6 Å². The molecule has 7 nitrogen and oxygen atoms in total. The summed E-state index contributed by atoms with van der Waals surface area (Å²) < 4.78 is 11.7. The van der Waals surface area contributed by atoms with Crippen molar-refractivity contribution in [3.63, 3.8) is 0 Å². The van der Waals surface area contributed by atoms with Crippen molar-refractivity contribution >= 4 is 44.6 Å². The summed E-state index contributed by atoms with van der Waals surface area (Å²) in [6, 6.07) is 7.87. The van der Waals surface area contributed by atoms with Crippen LogP contribution in [0.2, 0.25) is 0 Å². The molecule has 0 spiro atoms. The van der Waals surface area contributed by atoms with Crippen LogP contribution in [-0.2, 0) is 16.0 Å². The van der Waals surface area contributed by atoms with Gasteiger partial charge >= 0.3 is 5.97 Å². The zero-order valence-corrected chi connectivity index (χ0v) is 18.6. The SMILES string of the molecule is CCOC(=O)Cc1csc(NN=Cc2cc(Br)ccc2OCCCCCC#N)n1. The van der Waals surface area contributed by atoms with E-state index < -0.39 is 0 Å². The molecule has 29 heavy (non-hydrogen) atoms. The molecule has 2 rings (SSSR count). The lowest BCUT2D eigenvalue weighted by atomic mass is 10.2. The van der Waals surface area contributed by atoms with Crippen molar-refractivity contribution in [2.45, 2.75) is 39.0 Å². The molecule has 154 valence electrons. The Morgan fingerprint density at radius 3 is 3.07 bits per heavy atom. The van der Waals surface area contributed by atoms with E-state index in [9.17, 15) is 4.79 Å². The number of halogens is 1. The van der Waals surface area contributed by atoms with Gasteiger partial charge in [0, 0.05) is 21.8 Å². The summed E-state index contributed by atoms with van der Waals surface area (Å²) in [4.78, 5) is 15.8. The minimum atomic E-state index is -0.295. The van der Waals surface area contributed by atoms with E-state index >= 15 is 0 Å². The lowest BCUT2D eigenvalue weighted by Gasteiger charge is -2.09. The molecule has 2 aromatic rings. The lowest BCUT2D eigenvalue weighted by molar-refractivity contribution is -0.142. The fraction of sp³-hybridized carbons (Fsp3) is 0.400. The van der Waals surface area contributed by atoms with Gasteiger partial charge in [-0.2, -0.15) is 10.4 Å². The Bertz CT molecular complexity index is 864. The minimum absolute atomic E-state index is 0.147. The lowest BCUT2D eigenvalue weighted by Crippen LogP contribution is -2.07. The van der Waals surface area contributed by atoms with Gasteiger partial charge in [0.1, 0.15) is 5.75 Å². The molecule has 0 aliphatic carbocycles. The highest BCUT2D eigenvalue weighted by atomic mass is 79.9. The average Bonchev–Trinajstić information content (AvgIpc) is 3.13. The molecule has 0 fully saturated rings. The predicted octanol–water partition coefficient (Wildman–Crippen LogP) is 4.92. The highest BCUT2D eigenvalue weighted by Crippen LogP contribution is 2.23. The number of benzene rings is 1. The summed E-state index contributed by atoms with van der Waals surface area (Å²) in [7, 11) is 0. The molecule has 0 radical (unpaired) electrons. The van der Waals surface area contributed by atoms with Gasteiger partial charge in [-0.25, -0.2) is 4.98 Å². The van der Waals surface area contributed by atoms with Gasteiger partial charge < -0.3 is 9.47 Å². The number of carbonyl (C=O) groups is 1. The quantitative estimate of drug-likeness (QED) is 0.201. The molecular weight excluding hydrogens is 456 g/mol. The number of rotatable bonds is 12. The van der Waals surface area contributed by atoms with Crippen LogP contribution in [0.5, 0.6) is 5.75 Å². The third kappa shape index (κ3) is 8.62. The van der Waals surface area contributed by atoms with Crippen LogP contribution in [0.1, 0.15) is 43.9 Å². The van der Waals surface area contributed by atoms with Crippen molar-refractivity contribution in [1.29, 1.82) is 5.26 Å². The molecule has 0 atom stereocenters. The number of nitriles is 1. The Kier molecular flexibility index (Phi) is 10.2. The number of hydrazone groups is 1. The third-order valence-corrected chi connectivity index (χ3v) is 5.00. The Hall–Kier alpha value is -2.44. The fourth-order valence-corrected chi connectivity index (χ4v) is 3.41. The maximum Gasteiger partial charge on any atom is 0.311 e. The van der Waals surface area contributed by atoms with Gasteiger partial charge in [-0.05, 0) is 44.4 Å². The highest BCUT2D eigenvalue weighted by molar-refractivity contribution is 9.10. The number of aromatic nitrogens is 1. The van der Waals surface area contributed by atoms with Crippen LogP contribution in [0.15, 0.2) is 33.2 Å². The van der Waals surface area contributed by atoms with E-state index in [4.69, 9.17) is 14.7 Å². The summed E-state index contributed by atoms with van der Waals surface area (Å²) >= 11 is 4.83. The van der Waals surface area contributed by atoms with Crippen LogP contribution in [0.3, 0.4) is 0 Å². The van der Waals surface area contributed by atoms with E-state index in [2.05, 4.69) is 37.5 Å². The molecule has 0 amide bonds.